The van der Waals surface area contributed by atoms with Gasteiger partial charge in [-0.1, -0.05) is 0 Å². The van der Waals surface area contributed by atoms with E-state index >= 15 is 0 Å². The zero-order valence-electron chi connectivity index (χ0n) is 10.7. The highest BCUT2D eigenvalue weighted by atomic mass is 32.2. The molecule has 5 N–H and O–H groups in total. The average molecular weight is 279 g/mol. The SMILES string of the molecule is Cc1ccc(N2CCC(N=C(N)SC(=N)N)C2)nn1. The molecule has 0 aromatic carbocycles. The van der Waals surface area contributed by atoms with Gasteiger partial charge in [0.1, 0.15) is 0 Å². The molecule has 1 aliphatic rings. The second kappa shape index (κ2) is 5.87. The molecule has 1 unspecified atom stereocenters. The van der Waals surface area contributed by atoms with Crippen LogP contribution < -0.4 is 16.4 Å². The summed E-state index contributed by atoms with van der Waals surface area (Å²) in [6.07, 6.45) is 0.911. The Hall–Kier alpha value is -1.83. The number of nitrogens with one attached hydrogen (secondary N) is 1. The second-order valence-electron chi connectivity index (χ2n) is 4.36. The minimum atomic E-state index is -0.0412. The Balaban J connectivity index is 1.96. The molecule has 2 heterocycles. The third-order valence-corrected chi connectivity index (χ3v) is 3.33. The Morgan fingerprint density at radius 2 is 2.26 bits per heavy atom. The molecule has 0 amide bonds. The molecule has 0 radical (unpaired) electrons. The molecule has 102 valence electrons. The first-order valence-electron chi connectivity index (χ1n) is 5.95. The summed E-state index contributed by atoms with van der Waals surface area (Å²) in [4.78, 5) is 6.49. The van der Waals surface area contributed by atoms with Gasteiger partial charge >= 0.3 is 0 Å². The van der Waals surface area contributed by atoms with Crippen molar-refractivity contribution in [1.82, 2.24) is 10.2 Å². The molecule has 1 aromatic heterocycles. The molecule has 0 aliphatic carbocycles. The van der Waals surface area contributed by atoms with E-state index in [4.69, 9.17) is 16.9 Å². The second-order valence-corrected chi connectivity index (χ2v) is 5.42. The van der Waals surface area contributed by atoms with Crippen molar-refractivity contribution in [2.75, 3.05) is 18.0 Å². The monoisotopic (exact) mass is 279 g/mol. The topological polar surface area (TPSA) is 117 Å². The third kappa shape index (κ3) is 3.82. The fourth-order valence-electron chi connectivity index (χ4n) is 1.93. The molecular formula is C11H17N7S. The summed E-state index contributed by atoms with van der Waals surface area (Å²) in [6, 6.07) is 4.02. The van der Waals surface area contributed by atoms with Gasteiger partial charge in [-0.3, -0.25) is 10.4 Å². The summed E-state index contributed by atoms with van der Waals surface area (Å²) >= 11 is 0.983. The number of hydrogen-bond acceptors (Lipinski definition) is 6. The van der Waals surface area contributed by atoms with E-state index in [1.165, 1.54) is 0 Å². The molecule has 8 heteroatoms. The number of aryl methyl sites for hydroxylation is 1. The molecule has 0 bridgehead atoms. The van der Waals surface area contributed by atoms with Gasteiger partial charge in [-0.05, 0) is 37.2 Å². The number of amidine groups is 2. The highest BCUT2D eigenvalue weighted by Crippen LogP contribution is 2.19. The van der Waals surface area contributed by atoms with E-state index < -0.39 is 0 Å². The fourth-order valence-corrected chi connectivity index (χ4v) is 2.36. The molecule has 1 atom stereocenters. The maximum atomic E-state index is 7.14. The number of thioether (sulfide) groups is 1. The van der Waals surface area contributed by atoms with Crippen molar-refractivity contribution in [1.29, 1.82) is 5.41 Å². The maximum absolute atomic E-state index is 7.14. The molecule has 1 aliphatic heterocycles. The summed E-state index contributed by atoms with van der Waals surface area (Å²) in [6.45, 7) is 3.55. The van der Waals surface area contributed by atoms with Crippen LogP contribution in [-0.2, 0) is 0 Å². The molecule has 7 nitrogen and oxygen atoms in total. The Morgan fingerprint density at radius 3 is 2.89 bits per heavy atom. The Morgan fingerprint density at radius 1 is 1.47 bits per heavy atom. The average Bonchev–Trinajstić information content (AvgIpc) is 2.77. The fraction of sp³-hybridized carbons (Fsp3) is 0.455. The van der Waals surface area contributed by atoms with Crippen molar-refractivity contribution in [2.24, 2.45) is 16.5 Å². The Bertz CT molecular complexity index is 484. The number of nitrogens with two attached hydrogens (primary N) is 2. The number of aromatic nitrogens is 2. The minimum Gasteiger partial charge on any atom is -0.378 e. The van der Waals surface area contributed by atoms with Crippen LogP contribution in [0.5, 0.6) is 0 Å². The van der Waals surface area contributed by atoms with E-state index in [0.717, 1.165) is 42.8 Å². The molecule has 1 fully saturated rings. The minimum absolute atomic E-state index is 0.0412. The zero-order chi connectivity index (χ0) is 13.8. The van der Waals surface area contributed by atoms with Crippen LogP contribution in [0.25, 0.3) is 0 Å². The third-order valence-electron chi connectivity index (χ3n) is 2.80. The number of anilines is 1. The van der Waals surface area contributed by atoms with Gasteiger partial charge in [0.25, 0.3) is 0 Å². The highest BCUT2D eigenvalue weighted by Gasteiger charge is 2.23. The predicted octanol–water partition coefficient (Wildman–Crippen LogP) is 0.305. The zero-order valence-corrected chi connectivity index (χ0v) is 11.5. The van der Waals surface area contributed by atoms with Crippen molar-refractivity contribution in [3.05, 3.63) is 17.8 Å². The normalized spacial score (nSPS) is 19.7. The van der Waals surface area contributed by atoms with Crippen molar-refractivity contribution < 1.29 is 0 Å². The van der Waals surface area contributed by atoms with Crippen LogP contribution in [0.15, 0.2) is 17.1 Å². The lowest BCUT2D eigenvalue weighted by molar-refractivity contribution is 0.754. The van der Waals surface area contributed by atoms with Crippen LogP contribution in [0.1, 0.15) is 12.1 Å². The van der Waals surface area contributed by atoms with Crippen LogP contribution in [0.4, 0.5) is 5.82 Å². The van der Waals surface area contributed by atoms with E-state index in [-0.39, 0.29) is 11.2 Å². The summed E-state index contributed by atoms with van der Waals surface area (Å²) in [5.74, 6) is 0.862. The van der Waals surface area contributed by atoms with Crippen LogP contribution in [-0.4, -0.2) is 39.7 Å². The molecule has 1 saturated heterocycles. The van der Waals surface area contributed by atoms with Crippen molar-refractivity contribution >= 4 is 27.9 Å². The number of aliphatic imine (C=N–C) groups is 1. The predicted molar refractivity (Wildman–Crippen MR) is 78.5 cm³/mol. The molecule has 0 spiro atoms. The maximum Gasteiger partial charge on any atom is 0.162 e. The van der Waals surface area contributed by atoms with Gasteiger partial charge in [0.15, 0.2) is 16.2 Å². The summed E-state index contributed by atoms with van der Waals surface area (Å²) in [7, 11) is 0. The van der Waals surface area contributed by atoms with E-state index in [1.54, 1.807) is 0 Å². The van der Waals surface area contributed by atoms with Gasteiger partial charge in [-0.2, -0.15) is 5.10 Å². The van der Waals surface area contributed by atoms with Gasteiger partial charge in [0.2, 0.25) is 0 Å². The van der Waals surface area contributed by atoms with Crippen LogP contribution >= 0.6 is 11.8 Å². The summed E-state index contributed by atoms with van der Waals surface area (Å²) in [5.41, 5.74) is 11.9. The smallest absolute Gasteiger partial charge is 0.162 e. The quantitative estimate of drug-likeness (QED) is 0.529. The molecule has 1 aromatic rings. The van der Waals surface area contributed by atoms with Gasteiger partial charge < -0.3 is 16.4 Å². The largest absolute Gasteiger partial charge is 0.378 e. The van der Waals surface area contributed by atoms with Crippen LogP contribution in [0, 0.1) is 12.3 Å². The van der Waals surface area contributed by atoms with E-state index in [2.05, 4.69) is 20.1 Å². The molecule has 19 heavy (non-hydrogen) atoms. The van der Waals surface area contributed by atoms with E-state index in [9.17, 15) is 0 Å². The number of rotatable bonds is 2. The highest BCUT2D eigenvalue weighted by molar-refractivity contribution is 8.26. The first-order valence-corrected chi connectivity index (χ1v) is 6.76. The molecule has 2 rings (SSSR count). The van der Waals surface area contributed by atoms with Crippen molar-refractivity contribution in [3.63, 3.8) is 0 Å². The summed E-state index contributed by atoms with van der Waals surface area (Å²) in [5, 5.41) is 15.7. The first-order chi connectivity index (χ1) is 9.04. The van der Waals surface area contributed by atoms with Gasteiger partial charge in [0.05, 0.1) is 11.7 Å². The van der Waals surface area contributed by atoms with Gasteiger partial charge in [-0.25, -0.2) is 0 Å². The van der Waals surface area contributed by atoms with Crippen LogP contribution in [0.2, 0.25) is 0 Å². The van der Waals surface area contributed by atoms with Crippen LogP contribution in [0.3, 0.4) is 0 Å². The van der Waals surface area contributed by atoms with Crippen molar-refractivity contribution in [3.8, 4) is 0 Å². The van der Waals surface area contributed by atoms with Crippen molar-refractivity contribution in [2.45, 2.75) is 19.4 Å². The number of nitrogens with zero attached hydrogens (tertiary/aromatic N) is 4. The number of hydrogen-bond donors (Lipinski definition) is 3. The van der Waals surface area contributed by atoms with E-state index in [1.807, 2.05) is 19.1 Å². The molecule has 0 saturated carbocycles. The van der Waals surface area contributed by atoms with E-state index in [0.29, 0.717) is 5.17 Å². The Labute approximate surface area is 116 Å². The van der Waals surface area contributed by atoms with Gasteiger partial charge in [0, 0.05) is 13.1 Å². The first kappa shape index (κ1) is 13.6. The van der Waals surface area contributed by atoms with Gasteiger partial charge in [-0.15, -0.1) is 5.10 Å². The lowest BCUT2D eigenvalue weighted by atomic mass is 10.3. The standard InChI is InChI=1S/C11H17N7S/c1-7-2-3-9(17-16-7)18-5-4-8(6-18)15-11(14)19-10(12)13/h2-3,8H,4-6H2,1H3,(H3,12,13)(H2,14,15). The lowest BCUT2D eigenvalue weighted by Gasteiger charge is -2.15. The Kier molecular flexibility index (Phi) is 4.20. The molecular weight excluding hydrogens is 262 g/mol. The summed E-state index contributed by atoms with van der Waals surface area (Å²) < 4.78 is 0. The lowest BCUT2D eigenvalue weighted by Crippen LogP contribution is -2.23.